The zero-order valence-electron chi connectivity index (χ0n) is 12.5. The number of hydrogen-bond acceptors (Lipinski definition) is 3. The molecule has 3 rings (SSSR count). The van der Waals surface area contributed by atoms with E-state index in [2.05, 4.69) is 4.90 Å². The highest BCUT2D eigenvalue weighted by Gasteiger charge is 2.23. The molecule has 6 heteroatoms. The number of piperazine rings is 1. The Balaban J connectivity index is 1.65. The van der Waals surface area contributed by atoms with Gasteiger partial charge >= 0.3 is 0 Å². The lowest BCUT2D eigenvalue weighted by Gasteiger charge is -2.35. The number of anilines is 1. The molecule has 0 spiro atoms. The van der Waals surface area contributed by atoms with E-state index in [-0.39, 0.29) is 0 Å². The summed E-state index contributed by atoms with van der Waals surface area (Å²) in [7, 11) is -1.23. The molecule has 2 aromatic carbocycles. The minimum Gasteiger partial charge on any atom is -0.369 e. The predicted octanol–water partition coefficient (Wildman–Crippen LogP) is 3.00. The molecule has 0 amide bonds. The van der Waals surface area contributed by atoms with Crippen molar-refractivity contribution in [2.75, 3.05) is 31.1 Å². The first-order chi connectivity index (χ1) is 11.2. The minimum absolute atomic E-state index is 0.540. The molecule has 0 aromatic heterocycles. The van der Waals surface area contributed by atoms with E-state index in [1.54, 1.807) is 6.07 Å². The van der Waals surface area contributed by atoms with Crippen LogP contribution in [0.4, 0.5) is 5.69 Å². The largest absolute Gasteiger partial charge is 0.369 e. The standard InChI is InChI=1S/C17H17ClN2O2S/c18-16-3-1-2-4-17(16)23(22)20-11-9-19(10-12-20)15-7-5-14(13-21)6-8-15/h1-8,13H,9-12H2. The van der Waals surface area contributed by atoms with E-state index >= 15 is 0 Å². The van der Waals surface area contributed by atoms with Gasteiger partial charge in [0.25, 0.3) is 0 Å². The monoisotopic (exact) mass is 348 g/mol. The molecule has 1 aliphatic rings. The summed E-state index contributed by atoms with van der Waals surface area (Å²) in [5, 5.41) is 0.540. The van der Waals surface area contributed by atoms with E-state index in [1.807, 2.05) is 46.8 Å². The Bertz CT molecular complexity index is 713. The van der Waals surface area contributed by atoms with Crippen LogP contribution >= 0.6 is 11.6 Å². The van der Waals surface area contributed by atoms with Crippen LogP contribution in [0.15, 0.2) is 53.4 Å². The average molecular weight is 349 g/mol. The van der Waals surface area contributed by atoms with Crippen LogP contribution in [0.1, 0.15) is 10.4 Å². The number of rotatable bonds is 4. The molecule has 0 aliphatic carbocycles. The number of benzene rings is 2. The molecule has 23 heavy (non-hydrogen) atoms. The number of aldehydes is 1. The van der Waals surface area contributed by atoms with E-state index in [0.29, 0.717) is 28.6 Å². The molecule has 1 heterocycles. The van der Waals surface area contributed by atoms with E-state index in [1.165, 1.54) is 0 Å². The van der Waals surface area contributed by atoms with Crippen molar-refractivity contribution in [2.45, 2.75) is 4.90 Å². The van der Waals surface area contributed by atoms with Crippen molar-refractivity contribution in [2.24, 2.45) is 0 Å². The van der Waals surface area contributed by atoms with Gasteiger partial charge < -0.3 is 4.90 Å². The molecule has 2 aromatic rings. The van der Waals surface area contributed by atoms with Gasteiger partial charge in [-0.3, -0.25) is 4.79 Å². The van der Waals surface area contributed by atoms with Crippen LogP contribution in [0.3, 0.4) is 0 Å². The summed E-state index contributed by atoms with van der Waals surface area (Å²) in [4.78, 5) is 13.6. The molecule has 0 radical (unpaired) electrons. The predicted molar refractivity (Wildman–Crippen MR) is 93.5 cm³/mol. The number of nitrogens with zero attached hydrogens (tertiary/aromatic N) is 2. The Morgan fingerprint density at radius 1 is 0.957 bits per heavy atom. The van der Waals surface area contributed by atoms with Gasteiger partial charge in [0.2, 0.25) is 0 Å². The summed E-state index contributed by atoms with van der Waals surface area (Å²) in [6.07, 6.45) is 0.842. The first kappa shape index (κ1) is 16.2. The third-order valence-electron chi connectivity index (χ3n) is 3.89. The van der Waals surface area contributed by atoms with Gasteiger partial charge in [0.15, 0.2) is 0 Å². The molecule has 1 fully saturated rings. The quantitative estimate of drug-likeness (QED) is 0.797. The van der Waals surface area contributed by atoms with Gasteiger partial charge in [0.1, 0.15) is 17.3 Å². The second-order valence-corrected chi connectivity index (χ2v) is 7.17. The molecular weight excluding hydrogens is 332 g/mol. The van der Waals surface area contributed by atoms with Crippen molar-refractivity contribution >= 4 is 34.6 Å². The van der Waals surface area contributed by atoms with Crippen LogP contribution in [0.5, 0.6) is 0 Å². The fourth-order valence-corrected chi connectivity index (χ4v) is 4.14. The fraction of sp³-hybridized carbons (Fsp3) is 0.235. The van der Waals surface area contributed by atoms with E-state index in [4.69, 9.17) is 11.6 Å². The molecule has 1 aliphatic heterocycles. The molecule has 0 saturated carbocycles. The SMILES string of the molecule is O=Cc1ccc(N2CCN(S(=O)c3ccccc3Cl)CC2)cc1. The lowest BCUT2D eigenvalue weighted by Crippen LogP contribution is -2.47. The van der Waals surface area contributed by atoms with Gasteiger partial charge in [-0.25, -0.2) is 8.51 Å². The van der Waals surface area contributed by atoms with Crippen LogP contribution in [0.25, 0.3) is 0 Å². The highest BCUT2D eigenvalue weighted by atomic mass is 35.5. The van der Waals surface area contributed by atoms with Gasteiger partial charge in [0, 0.05) is 37.4 Å². The fourth-order valence-electron chi connectivity index (χ4n) is 2.60. The van der Waals surface area contributed by atoms with Crippen molar-refractivity contribution in [3.8, 4) is 0 Å². The maximum atomic E-state index is 12.6. The van der Waals surface area contributed by atoms with Gasteiger partial charge in [-0.2, -0.15) is 0 Å². The summed E-state index contributed by atoms with van der Waals surface area (Å²) < 4.78 is 14.6. The smallest absolute Gasteiger partial charge is 0.150 e. The molecule has 0 bridgehead atoms. The Labute approximate surface area is 143 Å². The van der Waals surface area contributed by atoms with Crippen LogP contribution in [-0.2, 0) is 11.0 Å². The van der Waals surface area contributed by atoms with Crippen LogP contribution in [-0.4, -0.2) is 41.0 Å². The van der Waals surface area contributed by atoms with E-state index in [9.17, 15) is 9.00 Å². The van der Waals surface area contributed by atoms with Gasteiger partial charge in [-0.1, -0.05) is 23.7 Å². The first-order valence-corrected chi connectivity index (χ1v) is 8.89. The third kappa shape index (κ3) is 3.63. The minimum atomic E-state index is -1.23. The van der Waals surface area contributed by atoms with Crippen molar-refractivity contribution < 1.29 is 9.00 Å². The summed E-state index contributed by atoms with van der Waals surface area (Å²) in [5.74, 6) is 0. The Hall–Kier alpha value is -1.69. The van der Waals surface area contributed by atoms with Crippen LogP contribution < -0.4 is 4.90 Å². The molecule has 120 valence electrons. The zero-order valence-corrected chi connectivity index (χ0v) is 14.1. The van der Waals surface area contributed by atoms with E-state index in [0.717, 1.165) is 25.1 Å². The summed E-state index contributed by atoms with van der Waals surface area (Å²) in [6.45, 7) is 2.98. The highest BCUT2D eigenvalue weighted by molar-refractivity contribution is 7.82. The Kier molecular flexibility index (Phi) is 5.10. The van der Waals surface area contributed by atoms with Gasteiger partial charge in [-0.05, 0) is 36.4 Å². The lowest BCUT2D eigenvalue weighted by molar-refractivity contribution is 0.112. The summed E-state index contributed by atoms with van der Waals surface area (Å²) in [6, 6.07) is 14.8. The first-order valence-electron chi connectivity index (χ1n) is 7.40. The summed E-state index contributed by atoms with van der Waals surface area (Å²) >= 11 is 6.13. The Morgan fingerprint density at radius 2 is 1.61 bits per heavy atom. The summed E-state index contributed by atoms with van der Waals surface area (Å²) in [5.41, 5.74) is 1.76. The topological polar surface area (TPSA) is 40.6 Å². The van der Waals surface area contributed by atoms with Crippen molar-refractivity contribution in [1.82, 2.24) is 4.31 Å². The molecule has 0 N–H and O–H groups in total. The third-order valence-corrected chi connectivity index (χ3v) is 5.90. The lowest BCUT2D eigenvalue weighted by atomic mass is 10.2. The second kappa shape index (κ2) is 7.25. The van der Waals surface area contributed by atoms with Crippen molar-refractivity contribution in [3.63, 3.8) is 0 Å². The number of carbonyl (C=O) groups is 1. The highest BCUT2D eigenvalue weighted by Crippen LogP contribution is 2.23. The maximum absolute atomic E-state index is 12.6. The normalized spacial score (nSPS) is 17.0. The van der Waals surface area contributed by atoms with Crippen molar-refractivity contribution in [3.05, 3.63) is 59.1 Å². The molecule has 1 saturated heterocycles. The van der Waals surface area contributed by atoms with Crippen LogP contribution in [0, 0.1) is 0 Å². The molecule has 4 nitrogen and oxygen atoms in total. The van der Waals surface area contributed by atoms with E-state index < -0.39 is 11.0 Å². The van der Waals surface area contributed by atoms with Crippen LogP contribution in [0.2, 0.25) is 5.02 Å². The zero-order chi connectivity index (χ0) is 16.2. The van der Waals surface area contributed by atoms with Gasteiger partial charge in [-0.15, -0.1) is 0 Å². The molecule has 1 atom stereocenters. The van der Waals surface area contributed by atoms with Crippen molar-refractivity contribution in [1.29, 1.82) is 0 Å². The maximum Gasteiger partial charge on any atom is 0.150 e. The number of carbonyl (C=O) groups excluding carboxylic acids is 1. The number of halogens is 1. The molecular formula is C17H17ClN2O2S. The molecule has 1 unspecified atom stereocenters. The average Bonchev–Trinajstić information content (AvgIpc) is 2.62. The number of hydrogen-bond donors (Lipinski definition) is 0. The Morgan fingerprint density at radius 3 is 2.22 bits per heavy atom. The second-order valence-electron chi connectivity index (χ2n) is 5.31. The van der Waals surface area contributed by atoms with Gasteiger partial charge in [0.05, 0.1) is 9.92 Å².